The van der Waals surface area contributed by atoms with Crippen LogP contribution in [-0.2, 0) is 9.59 Å². The molecule has 0 spiro atoms. The van der Waals surface area contributed by atoms with Gasteiger partial charge in [-0.2, -0.15) is 0 Å². The number of rotatable bonds is 6. The van der Waals surface area contributed by atoms with Crippen molar-refractivity contribution < 1.29 is 14.7 Å². The Morgan fingerprint density at radius 1 is 1.14 bits per heavy atom. The zero-order valence-electron chi connectivity index (χ0n) is 12.0. The summed E-state index contributed by atoms with van der Waals surface area (Å²) in [6.45, 7) is 5.10. The van der Waals surface area contributed by atoms with E-state index < -0.39 is 24.0 Å². The van der Waals surface area contributed by atoms with Crippen molar-refractivity contribution in [1.29, 1.82) is 0 Å². The molecule has 3 N–H and O–H groups in total. The summed E-state index contributed by atoms with van der Waals surface area (Å²) in [6, 6.07) is 3.38. The largest absolute Gasteiger partial charge is 0.480 e. The number of amides is 1. The van der Waals surface area contributed by atoms with Gasteiger partial charge < -0.3 is 15.7 Å². The van der Waals surface area contributed by atoms with Crippen molar-refractivity contribution in [2.45, 2.75) is 32.9 Å². The standard InChI is InChI=1S/C14H18Cl2N2O3/c1-7(2)12(14(20)21)18-13(19)8(3)17-9-4-5-10(15)11(16)6-9/h4-8,12,17H,1-3H3,(H,18,19)(H,20,21)/t8?,12-/m0/s1. The molecule has 5 nitrogen and oxygen atoms in total. The number of carbonyl (C=O) groups is 2. The number of halogens is 2. The Kier molecular flexibility index (Phi) is 6.30. The van der Waals surface area contributed by atoms with E-state index in [-0.39, 0.29) is 5.92 Å². The van der Waals surface area contributed by atoms with E-state index in [1.165, 1.54) is 0 Å². The van der Waals surface area contributed by atoms with Crippen LogP contribution >= 0.6 is 23.2 Å². The highest BCUT2D eigenvalue weighted by atomic mass is 35.5. The summed E-state index contributed by atoms with van der Waals surface area (Å²) in [6.07, 6.45) is 0. The molecule has 1 rings (SSSR count). The van der Waals surface area contributed by atoms with Crippen LogP contribution in [0.2, 0.25) is 10.0 Å². The fraction of sp³-hybridized carbons (Fsp3) is 0.429. The highest BCUT2D eigenvalue weighted by molar-refractivity contribution is 6.42. The molecule has 0 radical (unpaired) electrons. The molecule has 1 unspecified atom stereocenters. The zero-order valence-corrected chi connectivity index (χ0v) is 13.5. The van der Waals surface area contributed by atoms with Gasteiger partial charge in [-0.05, 0) is 31.0 Å². The maximum absolute atomic E-state index is 12.0. The highest BCUT2D eigenvalue weighted by Crippen LogP contribution is 2.25. The van der Waals surface area contributed by atoms with E-state index in [0.717, 1.165) is 0 Å². The Labute approximate surface area is 133 Å². The molecule has 0 fully saturated rings. The first-order chi connectivity index (χ1) is 9.72. The van der Waals surface area contributed by atoms with E-state index in [9.17, 15) is 9.59 Å². The van der Waals surface area contributed by atoms with Crippen LogP contribution < -0.4 is 10.6 Å². The van der Waals surface area contributed by atoms with Crippen LogP contribution in [0.4, 0.5) is 5.69 Å². The van der Waals surface area contributed by atoms with Gasteiger partial charge in [0.25, 0.3) is 0 Å². The van der Waals surface area contributed by atoms with E-state index >= 15 is 0 Å². The van der Waals surface area contributed by atoms with Gasteiger partial charge in [0.05, 0.1) is 10.0 Å². The van der Waals surface area contributed by atoms with E-state index in [2.05, 4.69) is 10.6 Å². The Hall–Kier alpha value is -1.46. The van der Waals surface area contributed by atoms with Crippen molar-refractivity contribution in [2.75, 3.05) is 5.32 Å². The van der Waals surface area contributed by atoms with Gasteiger partial charge in [0.1, 0.15) is 12.1 Å². The minimum absolute atomic E-state index is 0.205. The molecule has 0 aromatic heterocycles. The number of benzene rings is 1. The number of carboxylic acids is 1. The van der Waals surface area contributed by atoms with Gasteiger partial charge in [-0.3, -0.25) is 4.79 Å². The summed E-state index contributed by atoms with van der Waals surface area (Å²) >= 11 is 11.7. The number of hydrogen-bond acceptors (Lipinski definition) is 3. The second-order valence-corrected chi connectivity index (χ2v) is 5.88. The first kappa shape index (κ1) is 17.6. The lowest BCUT2D eigenvalue weighted by Gasteiger charge is -2.21. The van der Waals surface area contributed by atoms with Crippen LogP contribution in [0.1, 0.15) is 20.8 Å². The second kappa shape index (κ2) is 7.52. The predicted octanol–water partition coefficient (Wildman–Crippen LogP) is 3.02. The smallest absolute Gasteiger partial charge is 0.326 e. The zero-order chi connectivity index (χ0) is 16.2. The summed E-state index contributed by atoms with van der Waals surface area (Å²) < 4.78 is 0. The first-order valence-corrected chi connectivity index (χ1v) is 7.22. The molecule has 0 bridgehead atoms. The number of hydrogen-bond donors (Lipinski definition) is 3. The van der Waals surface area contributed by atoms with Crippen molar-refractivity contribution in [1.82, 2.24) is 5.32 Å². The molecule has 1 aromatic carbocycles. The summed E-state index contributed by atoms with van der Waals surface area (Å²) in [5, 5.41) is 15.3. The van der Waals surface area contributed by atoms with Gasteiger partial charge in [-0.25, -0.2) is 4.79 Å². The summed E-state index contributed by atoms with van der Waals surface area (Å²) in [4.78, 5) is 23.1. The van der Waals surface area contributed by atoms with Crippen LogP contribution in [0.5, 0.6) is 0 Å². The third kappa shape index (κ3) is 5.10. The van der Waals surface area contributed by atoms with E-state index in [1.807, 2.05) is 0 Å². The van der Waals surface area contributed by atoms with Crippen LogP contribution in [0.25, 0.3) is 0 Å². The molecule has 0 aliphatic rings. The Balaban J connectivity index is 2.69. The fourth-order valence-electron chi connectivity index (χ4n) is 1.69. The van der Waals surface area contributed by atoms with Gasteiger partial charge in [-0.1, -0.05) is 37.0 Å². The van der Waals surface area contributed by atoms with Gasteiger partial charge in [-0.15, -0.1) is 0 Å². The lowest BCUT2D eigenvalue weighted by Crippen LogP contribution is -2.49. The second-order valence-electron chi connectivity index (χ2n) is 5.06. The maximum Gasteiger partial charge on any atom is 0.326 e. The molecule has 7 heteroatoms. The van der Waals surface area contributed by atoms with Gasteiger partial charge in [0, 0.05) is 5.69 Å². The van der Waals surface area contributed by atoms with Gasteiger partial charge >= 0.3 is 5.97 Å². The van der Waals surface area contributed by atoms with Crippen LogP contribution in [0.3, 0.4) is 0 Å². The molecule has 1 aromatic rings. The summed E-state index contributed by atoms with van der Waals surface area (Å²) in [5.74, 6) is -1.66. The lowest BCUT2D eigenvalue weighted by atomic mass is 10.0. The van der Waals surface area contributed by atoms with Crippen LogP contribution in [-0.4, -0.2) is 29.1 Å². The quantitative estimate of drug-likeness (QED) is 0.748. The number of carboxylic acid groups (broad SMARTS) is 1. The Bertz CT molecular complexity index is 535. The molecular formula is C14H18Cl2N2O3. The fourth-order valence-corrected chi connectivity index (χ4v) is 1.99. The molecule has 0 saturated carbocycles. The lowest BCUT2D eigenvalue weighted by molar-refractivity contribution is -0.143. The number of carbonyl (C=O) groups excluding carboxylic acids is 1. The Morgan fingerprint density at radius 3 is 2.24 bits per heavy atom. The molecule has 0 heterocycles. The maximum atomic E-state index is 12.0. The summed E-state index contributed by atoms with van der Waals surface area (Å²) in [5.41, 5.74) is 0.628. The van der Waals surface area contributed by atoms with Crippen molar-refractivity contribution in [3.8, 4) is 0 Å². The van der Waals surface area contributed by atoms with Crippen LogP contribution in [0.15, 0.2) is 18.2 Å². The van der Waals surface area contributed by atoms with E-state index in [4.69, 9.17) is 28.3 Å². The normalized spacial score (nSPS) is 13.6. The molecule has 0 aliphatic carbocycles. The van der Waals surface area contributed by atoms with Gasteiger partial charge in [0.15, 0.2) is 0 Å². The number of aliphatic carboxylic acids is 1. The molecule has 0 saturated heterocycles. The minimum atomic E-state index is -1.06. The molecule has 1 amide bonds. The van der Waals surface area contributed by atoms with Crippen molar-refractivity contribution >= 4 is 40.8 Å². The van der Waals surface area contributed by atoms with Crippen LogP contribution in [0, 0.1) is 5.92 Å². The number of nitrogens with one attached hydrogen (secondary N) is 2. The Morgan fingerprint density at radius 2 is 1.76 bits per heavy atom. The molecular weight excluding hydrogens is 315 g/mol. The molecule has 116 valence electrons. The highest BCUT2D eigenvalue weighted by Gasteiger charge is 2.25. The SMILES string of the molecule is CC(Nc1ccc(Cl)c(Cl)c1)C(=O)N[C@H](C(=O)O)C(C)C. The van der Waals surface area contributed by atoms with E-state index in [1.54, 1.807) is 39.0 Å². The first-order valence-electron chi connectivity index (χ1n) is 6.47. The van der Waals surface area contributed by atoms with Crippen molar-refractivity contribution in [3.63, 3.8) is 0 Å². The minimum Gasteiger partial charge on any atom is -0.480 e. The number of anilines is 1. The topological polar surface area (TPSA) is 78.4 Å². The van der Waals surface area contributed by atoms with Crippen molar-refractivity contribution in [3.05, 3.63) is 28.2 Å². The average Bonchev–Trinajstić information content (AvgIpc) is 2.39. The molecule has 0 aliphatic heterocycles. The van der Waals surface area contributed by atoms with Crippen molar-refractivity contribution in [2.24, 2.45) is 5.92 Å². The average molecular weight is 333 g/mol. The van der Waals surface area contributed by atoms with Gasteiger partial charge in [0.2, 0.25) is 5.91 Å². The third-order valence-electron chi connectivity index (χ3n) is 2.93. The predicted molar refractivity (Wildman–Crippen MR) is 84.0 cm³/mol. The summed E-state index contributed by atoms with van der Waals surface area (Å²) in [7, 11) is 0. The molecule has 2 atom stereocenters. The van der Waals surface area contributed by atoms with E-state index in [0.29, 0.717) is 15.7 Å². The monoisotopic (exact) mass is 332 g/mol. The molecule has 21 heavy (non-hydrogen) atoms. The third-order valence-corrected chi connectivity index (χ3v) is 3.67.